The lowest BCUT2D eigenvalue weighted by Gasteiger charge is -2.20. The van der Waals surface area contributed by atoms with Crippen molar-refractivity contribution < 1.29 is 4.79 Å². The Labute approximate surface area is 179 Å². The van der Waals surface area contributed by atoms with Crippen LogP contribution in [0, 0.1) is 0 Å². The molecule has 7 heteroatoms. The summed E-state index contributed by atoms with van der Waals surface area (Å²) in [4.78, 5) is 22.0. The Hall–Kier alpha value is -2.90. The van der Waals surface area contributed by atoms with Gasteiger partial charge in [0.1, 0.15) is 5.69 Å². The normalized spacial score (nSPS) is 15.0. The van der Waals surface area contributed by atoms with Crippen molar-refractivity contribution in [3.8, 4) is 11.1 Å². The molecule has 0 aliphatic carbocycles. The highest BCUT2D eigenvalue weighted by Crippen LogP contribution is 2.28. The van der Waals surface area contributed by atoms with E-state index in [2.05, 4.69) is 38.6 Å². The highest BCUT2D eigenvalue weighted by atomic mass is 32.1. The van der Waals surface area contributed by atoms with Crippen molar-refractivity contribution in [3.63, 3.8) is 0 Å². The van der Waals surface area contributed by atoms with Gasteiger partial charge in [0.25, 0.3) is 0 Å². The second kappa shape index (κ2) is 8.08. The molecule has 4 aromatic rings. The molecule has 152 valence electrons. The smallest absolute Gasteiger partial charge is 0.187 e. The number of piperidine rings is 1. The molecule has 1 aliphatic heterocycles. The third-order valence-electron chi connectivity index (χ3n) is 5.65. The lowest BCUT2D eigenvalue weighted by molar-refractivity contribution is 0.0987. The second-order valence-electron chi connectivity index (χ2n) is 7.84. The maximum Gasteiger partial charge on any atom is 0.187 e. The number of hydrogen-bond donors (Lipinski definition) is 1. The quantitative estimate of drug-likeness (QED) is 0.497. The Bertz CT molecular complexity index is 1210. The number of hydrogen-bond acceptors (Lipinski definition) is 6. The summed E-state index contributed by atoms with van der Waals surface area (Å²) in [6.45, 7) is 2.05. The van der Waals surface area contributed by atoms with Crippen LogP contribution in [0.4, 0.5) is 0 Å². The van der Waals surface area contributed by atoms with Crippen LogP contribution in [0.2, 0.25) is 0 Å². The number of thiazole rings is 1. The predicted octanol–water partition coefficient (Wildman–Crippen LogP) is 3.98. The second-order valence-corrected chi connectivity index (χ2v) is 8.73. The van der Waals surface area contributed by atoms with Crippen molar-refractivity contribution in [2.75, 3.05) is 13.1 Å². The summed E-state index contributed by atoms with van der Waals surface area (Å²) < 4.78 is 1.79. The molecular weight excluding hydrogens is 394 g/mol. The SMILES string of the molecule is Cn1cc(-c2ccc3cnc(CC(=O)c4csc(C5CCNCC5)n4)cc3c2)cn1. The zero-order chi connectivity index (χ0) is 20.5. The summed E-state index contributed by atoms with van der Waals surface area (Å²) in [5.41, 5.74) is 3.51. The first kappa shape index (κ1) is 19.1. The van der Waals surface area contributed by atoms with Crippen molar-refractivity contribution in [2.24, 2.45) is 7.05 Å². The largest absolute Gasteiger partial charge is 0.317 e. The number of aryl methyl sites for hydroxylation is 1. The molecule has 30 heavy (non-hydrogen) atoms. The highest BCUT2D eigenvalue weighted by Gasteiger charge is 2.20. The number of nitrogens with one attached hydrogen (secondary N) is 1. The number of pyridine rings is 1. The molecule has 0 atom stereocenters. The summed E-state index contributed by atoms with van der Waals surface area (Å²) in [6.07, 6.45) is 8.14. The average Bonchev–Trinajstić information content (AvgIpc) is 3.43. The molecule has 1 saturated heterocycles. The third kappa shape index (κ3) is 3.91. The Kier molecular flexibility index (Phi) is 5.14. The topological polar surface area (TPSA) is 72.7 Å². The van der Waals surface area contributed by atoms with Gasteiger partial charge in [-0.15, -0.1) is 11.3 Å². The van der Waals surface area contributed by atoms with Crippen molar-refractivity contribution in [3.05, 3.63) is 64.6 Å². The van der Waals surface area contributed by atoms with Gasteiger partial charge in [-0.3, -0.25) is 14.5 Å². The Morgan fingerprint density at radius 2 is 2.03 bits per heavy atom. The highest BCUT2D eigenvalue weighted by molar-refractivity contribution is 7.09. The van der Waals surface area contributed by atoms with E-state index in [1.54, 1.807) is 16.0 Å². The van der Waals surface area contributed by atoms with Crippen LogP contribution in [0.1, 0.15) is 39.9 Å². The van der Waals surface area contributed by atoms with Crippen LogP contribution < -0.4 is 5.32 Å². The number of rotatable bonds is 5. The average molecular weight is 418 g/mol. The van der Waals surface area contributed by atoms with E-state index in [0.717, 1.165) is 58.5 Å². The summed E-state index contributed by atoms with van der Waals surface area (Å²) in [5, 5.41) is 12.7. The van der Waals surface area contributed by atoms with E-state index in [9.17, 15) is 4.79 Å². The standard InChI is InChI=1S/C23H23N5OS/c1-28-13-19(12-26-28)16-2-3-17-11-25-20(9-18(17)8-16)10-22(29)21-14-30-23(27-21)15-4-6-24-7-5-15/h2-3,8-9,11-15,24H,4-7,10H2,1H3. The van der Waals surface area contributed by atoms with E-state index in [-0.39, 0.29) is 12.2 Å². The molecule has 3 aromatic heterocycles. The summed E-state index contributed by atoms with van der Waals surface area (Å²) in [5.74, 6) is 0.504. The fourth-order valence-electron chi connectivity index (χ4n) is 3.96. The molecule has 0 amide bonds. The first-order valence-electron chi connectivity index (χ1n) is 10.2. The van der Waals surface area contributed by atoms with Gasteiger partial charge in [0.05, 0.1) is 17.6 Å². The Balaban J connectivity index is 1.35. The lowest BCUT2D eigenvalue weighted by atomic mass is 9.99. The minimum absolute atomic E-state index is 0.0294. The van der Waals surface area contributed by atoms with Gasteiger partial charge in [0, 0.05) is 47.4 Å². The number of nitrogens with zero attached hydrogens (tertiary/aromatic N) is 4. The van der Waals surface area contributed by atoms with Crippen LogP contribution in [-0.2, 0) is 13.5 Å². The zero-order valence-corrected chi connectivity index (χ0v) is 17.7. The molecule has 5 rings (SSSR count). The number of fused-ring (bicyclic) bond motifs is 1. The van der Waals surface area contributed by atoms with Crippen LogP contribution in [0.15, 0.2) is 48.2 Å². The number of ketones is 1. The zero-order valence-electron chi connectivity index (χ0n) is 16.8. The maximum absolute atomic E-state index is 12.8. The minimum atomic E-state index is 0.0294. The molecular formula is C23H23N5OS. The minimum Gasteiger partial charge on any atom is -0.317 e. The molecule has 4 heterocycles. The van der Waals surface area contributed by atoms with Gasteiger partial charge in [-0.25, -0.2) is 4.98 Å². The molecule has 0 radical (unpaired) electrons. The first-order chi connectivity index (χ1) is 14.7. The van der Waals surface area contributed by atoms with Crippen LogP contribution in [0.5, 0.6) is 0 Å². The van der Waals surface area contributed by atoms with Crippen molar-refractivity contribution in [1.82, 2.24) is 25.1 Å². The number of benzene rings is 1. The monoisotopic (exact) mass is 417 g/mol. The van der Waals surface area contributed by atoms with Gasteiger partial charge in [0.15, 0.2) is 5.78 Å². The molecule has 1 aromatic carbocycles. The summed E-state index contributed by atoms with van der Waals surface area (Å²) >= 11 is 1.61. The van der Waals surface area contributed by atoms with Crippen LogP contribution >= 0.6 is 11.3 Å². The van der Waals surface area contributed by atoms with Crippen molar-refractivity contribution >= 4 is 27.9 Å². The Morgan fingerprint density at radius 3 is 2.83 bits per heavy atom. The molecule has 6 nitrogen and oxygen atoms in total. The fraction of sp³-hybridized carbons (Fsp3) is 0.304. The van der Waals surface area contributed by atoms with Crippen LogP contribution in [0.25, 0.3) is 21.9 Å². The van der Waals surface area contributed by atoms with E-state index in [1.807, 2.05) is 37.1 Å². The molecule has 1 aliphatic rings. The molecule has 0 saturated carbocycles. The number of aromatic nitrogens is 4. The molecule has 1 N–H and O–H groups in total. The molecule has 0 unspecified atom stereocenters. The van der Waals surface area contributed by atoms with Crippen molar-refractivity contribution in [1.29, 1.82) is 0 Å². The molecule has 0 bridgehead atoms. The first-order valence-corrected chi connectivity index (χ1v) is 11.1. The number of carbonyl (C=O) groups excluding carboxylic acids is 1. The Morgan fingerprint density at radius 1 is 1.17 bits per heavy atom. The van der Waals surface area contributed by atoms with Gasteiger partial charge < -0.3 is 5.32 Å². The van der Waals surface area contributed by atoms with Crippen LogP contribution in [0.3, 0.4) is 0 Å². The van der Waals surface area contributed by atoms with Gasteiger partial charge in [-0.1, -0.05) is 12.1 Å². The van der Waals surface area contributed by atoms with Gasteiger partial charge >= 0.3 is 0 Å². The molecule has 1 fully saturated rings. The maximum atomic E-state index is 12.8. The summed E-state index contributed by atoms with van der Waals surface area (Å²) in [6, 6.07) is 8.26. The fourth-order valence-corrected chi connectivity index (χ4v) is 4.96. The van der Waals surface area contributed by atoms with Crippen molar-refractivity contribution in [2.45, 2.75) is 25.2 Å². The van der Waals surface area contributed by atoms with Crippen LogP contribution in [-0.4, -0.2) is 38.6 Å². The summed E-state index contributed by atoms with van der Waals surface area (Å²) in [7, 11) is 1.91. The number of carbonyl (C=O) groups is 1. The van der Waals surface area contributed by atoms with E-state index < -0.39 is 0 Å². The number of Topliss-reactive ketones (excluding diaryl/α,β-unsaturated/α-hetero) is 1. The molecule has 0 spiro atoms. The van der Waals surface area contributed by atoms with E-state index in [0.29, 0.717) is 11.6 Å². The lowest BCUT2D eigenvalue weighted by Crippen LogP contribution is -2.26. The van der Waals surface area contributed by atoms with E-state index in [4.69, 9.17) is 0 Å². The van der Waals surface area contributed by atoms with Gasteiger partial charge in [-0.2, -0.15) is 5.10 Å². The third-order valence-corrected chi connectivity index (χ3v) is 6.66. The van der Waals surface area contributed by atoms with Gasteiger partial charge in [0.2, 0.25) is 0 Å². The van der Waals surface area contributed by atoms with E-state index >= 15 is 0 Å². The van der Waals surface area contributed by atoms with E-state index in [1.165, 1.54) is 0 Å². The predicted molar refractivity (Wildman–Crippen MR) is 119 cm³/mol. The van der Waals surface area contributed by atoms with Gasteiger partial charge in [-0.05, 0) is 49.0 Å².